The molecule has 0 aliphatic carbocycles. The van der Waals surface area contributed by atoms with Gasteiger partial charge in [0, 0.05) is 4.90 Å². The van der Waals surface area contributed by atoms with Crippen LogP contribution >= 0.6 is 42.9 Å². The average molecular weight is 259 g/mol. The number of hydrogen-bond donors (Lipinski definition) is 3. The third-order valence-electron chi connectivity index (χ3n) is 0.985. The lowest BCUT2D eigenvalue weighted by atomic mass is 10.4. The van der Waals surface area contributed by atoms with Gasteiger partial charge in [0.15, 0.2) is 0 Å². The normalized spacial score (nSPS) is 8.62. The Labute approximate surface area is 93.5 Å². The topological polar surface area (TPSA) is 40.5 Å². The quantitative estimate of drug-likeness (QED) is 0.531. The first-order valence-corrected chi connectivity index (χ1v) is 6.48. The first kappa shape index (κ1) is 13.3. The molecule has 0 aliphatic heterocycles. The summed E-state index contributed by atoms with van der Waals surface area (Å²) >= 11 is 0.457. The van der Waals surface area contributed by atoms with Gasteiger partial charge in [0.2, 0.25) is 5.24 Å². The molecule has 0 unspecified atom stereocenters. The van der Waals surface area contributed by atoms with Crippen molar-refractivity contribution >= 4 is 48.1 Å². The molecular weight excluding hydrogens is 251 g/mol. The van der Waals surface area contributed by atoms with Gasteiger partial charge in [0.1, 0.15) is 0 Å². The highest BCUT2D eigenvalue weighted by Crippen LogP contribution is 2.09. The van der Waals surface area contributed by atoms with Crippen molar-refractivity contribution in [1.29, 1.82) is 0 Å². The number of benzene rings is 1. The number of aliphatic hydroxyl groups is 2. The Morgan fingerprint density at radius 1 is 1.15 bits per heavy atom. The van der Waals surface area contributed by atoms with Crippen molar-refractivity contribution in [1.82, 2.24) is 0 Å². The molecule has 13 heavy (non-hydrogen) atoms. The summed E-state index contributed by atoms with van der Waals surface area (Å²) in [7, 11) is 10.1. The number of rotatable bonds is 1. The number of hydrogen-bond acceptors (Lipinski definition) is 1. The Bertz CT molecular complexity index is 250. The smallest absolute Gasteiger partial charge is 0.206 e. The third kappa shape index (κ3) is 8.62. The van der Waals surface area contributed by atoms with Gasteiger partial charge in [-0.25, -0.2) is 0 Å². The molecule has 0 bridgehead atoms. The molecule has 0 fully saturated rings. The van der Waals surface area contributed by atoms with Gasteiger partial charge in [-0.2, -0.15) is 0 Å². The van der Waals surface area contributed by atoms with E-state index in [1.165, 1.54) is 0 Å². The van der Waals surface area contributed by atoms with Crippen molar-refractivity contribution in [2.75, 3.05) is 0 Å². The summed E-state index contributed by atoms with van der Waals surface area (Å²) in [6, 6.07) is 9.24. The van der Waals surface area contributed by atoms with Gasteiger partial charge in [-0.3, -0.25) is 0 Å². The number of thiol groups is 1. The van der Waals surface area contributed by atoms with Crippen molar-refractivity contribution in [3.63, 3.8) is 0 Å². The van der Waals surface area contributed by atoms with Gasteiger partial charge in [-0.05, 0) is 33.5 Å². The Morgan fingerprint density at radius 3 is 2.00 bits per heavy atom. The molecule has 0 atom stereocenters. The van der Waals surface area contributed by atoms with E-state index in [0.717, 1.165) is 4.90 Å². The minimum Gasteiger partial charge on any atom is -0.337 e. The molecule has 0 saturated carbocycles. The molecule has 2 N–H and O–H groups in total. The van der Waals surface area contributed by atoms with Crippen LogP contribution < -0.4 is 0 Å². The highest BCUT2D eigenvalue weighted by molar-refractivity contribution is 8.38. The molecular formula is C7H8Cl2O2S2. The molecule has 0 amide bonds. The van der Waals surface area contributed by atoms with Crippen LogP contribution in [0.2, 0.25) is 0 Å². The second-order valence-electron chi connectivity index (χ2n) is 1.81. The van der Waals surface area contributed by atoms with E-state index in [-0.39, 0.29) is 0 Å². The van der Waals surface area contributed by atoms with Crippen molar-refractivity contribution in [2.45, 2.75) is 4.90 Å². The van der Waals surface area contributed by atoms with Crippen molar-refractivity contribution in [3.8, 4) is 0 Å². The van der Waals surface area contributed by atoms with Crippen LogP contribution in [0.5, 0.6) is 0 Å². The maximum absolute atomic E-state index is 8.47. The van der Waals surface area contributed by atoms with Crippen LogP contribution in [0.3, 0.4) is 0 Å². The maximum atomic E-state index is 8.47. The highest BCUT2D eigenvalue weighted by atomic mass is 36.0. The van der Waals surface area contributed by atoms with E-state index in [0.29, 0.717) is 21.5 Å². The average Bonchev–Trinajstić information content (AvgIpc) is 2.06. The molecule has 0 radical (unpaired) electrons. The zero-order valence-corrected chi connectivity index (χ0v) is 9.62. The van der Waals surface area contributed by atoms with Gasteiger partial charge in [-0.15, -0.1) is 11.4 Å². The van der Waals surface area contributed by atoms with Gasteiger partial charge in [-0.1, -0.05) is 18.2 Å². The van der Waals surface area contributed by atoms with Crippen LogP contribution in [0.15, 0.2) is 35.2 Å². The molecule has 1 rings (SSSR count). The first-order chi connectivity index (χ1) is 6.20. The summed E-state index contributed by atoms with van der Waals surface area (Å²) in [6.45, 7) is 0. The Balaban J connectivity index is 0.000000424. The molecule has 0 spiro atoms. The molecule has 0 saturated heterocycles. The minimum atomic E-state index is -0.564. The van der Waals surface area contributed by atoms with E-state index >= 15 is 0 Å². The van der Waals surface area contributed by atoms with Crippen LogP contribution in [0.1, 0.15) is 0 Å². The van der Waals surface area contributed by atoms with Gasteiger partial charge in [0.25, 0.3) is 0 Å². The van der Waals surface area contributed by atoms with Crippen LogP contribution in [0.25, 0.3) is 0 Å². The summed E-state index contributed by atoms with van der Waals surface area (Å²) in [4.78, 5) is 0.877. The standard InChI is InChI=1S/C7H8O2S.Cl2S/c8-7(9)10-6-4-2-1-3-5-6;1-3-2/h1-5,8-10H;. The third-order valence-corrected chi connectivity index (χ3v) is 1.74. The Morgan fingerprint density at radius 2 is 1.62 bits per heavy atom. The molecule has 1 aromatic rings. The van der Waals surface area contributed by atoms with Crippen LogP contribution in [-0.4, -0.2) is 15.4 Å². The Kier molecular flexibility index (Phi) is 9.07. The van der Waals surface area contributed by atoms with Crippen molar-refractivity contribution in [2.24, 2.45) is 0 Å². The molecule has 0 heterocycles. The summed E-state index contributed by atoms with van der Waals surface area (Å²) in [6.07, 6.45) is 0. The van der Waals surface area contributed by atoms with Gasteiger partial charge < -0.3 is 10.2 Å². The van der Waals surface area contributed by atoms with E-state index in [2.05, 4.69) is 21.4 Å². The lowest BCUT2D eigenvalue weighted by Crippen LogP contribution is -1.86. The van der Waals surface area contributed by atoms with E-state index in [4.69, 9.17) is 10.2 Å². The predicted octanol–water partition coefficient (Wildman–Crippen LogP) is 3.74. The summed E-state index contributed by atoms with van der Waals surface area (Å²) < 4.78 is 0. The minimum absolute atomic E-state index is 0.457. The van der Waals surface area contributed by atoms with Crippen LogP contribution in [-0.2, 0) is 0 Å². The number of aliphatic hydroxyl groups excluding tert-OH is 1. The van der Waals surface area contributed by atoms with Crippen molar-refractivity contribution in [3.05, 3.63) is 30.3 Å². The zero-order chi connectivity index (χ0) is 10.1. The fraction of sp³-hybridized carbons (Fsp3) is 0. The van der Waals surface area contributed by atoms with E-state index < -0.39 is 5.24 Å². The lowest BCUT2D eigenvalue weighted by molar-refractivity contribution is 0.385. The van der Waals surface area contributed by atoms with Gasteiger partial charge in [0.05, 0.1) is 10.2 Å². The molecule has 6 heteroatoms. The first-order valence-electron chi connectivity index (χ1n) is 3.11. The molecule has 0 aliphatic rings. The van der Waals surface area contributed by atoms with E-state index in [1.807, 2.05) is 30.3 Å². The second kappa shape index (κ2) is 8.87. The second-order valence-corrected chi connectivity index (χ2v) is 4.46. The maximum Gasteiger partial charge on any atom is 0.206 e. The molecule has 74 valence electrons. The SMILES string of the molecule is ClSCl.OC(O)=[SH]c1ccccc1. The van der Waals surface area contributed by atoms with E-state index in [9.17, 15) is 0 Å². The summed E-state index contributed by atoms with van der Waals surface area (Å²) in [5.74, 6) is 0. The zero-order valence-electron chi connectivity index (χ0n) is 6.39. The fourth-order valence-corrected chi connectivity index (χ4v) is 1.17. The van der Waals surface area contributed by atoms with E-state index in [1.54, 1.807) is 0 Å². The molecule has 0 aromatic heterocycles. The highest BCUT2D eigenvalue weighted by Gasteiger charge is 1.84. The van der Waals surface area contributed by atoms with Crippen LogP contribution in [0, 0.1) is 0 Å². The summed E-state index contributed by atoms with van der Waals surface area (Å²) in [5, 5.41) is 16.4. The van der Waals surface area contributed by atoms with Gasteiger partial charge >= 0.3 is 0 Å². The lowest BCUT2D eigenvalue weighted by Gasteiger charge is -1.90. The predicted molar refractivity (Wildman–Crippen MR) is 63.3 cm³/mol. The van der Waals surface area contributed by atoms with Crippen LogP contribution in [0.4, 0.5) is 0 Å². The monoisotopic (exact) mass is 258 g/mol. The number of halogens is 2. The van der Waals surface area contributed by atoms with Crippen molar-refractivity contribution < 1.29 is 10.2 Å². The Hall–Kier alpha value is 0.290. The molecule has 2 nitrogen and oxygen atoms in total. The fourth-order valence-electron chi connectivity index (χ4n) is 0.618. The summed E-state index contributed by atoms with van der Waals surface area (Å²) in [5.41, 5.74) is 0. The largest absolute Gasteiger partial charge is 0.337 e. The molecule has 1 aromatic carbocycles.